The van der Waals surface area contributed by atoms with E-state index >= 15 is 0 Å². The number of rotatable bonds is 1. The monoisotopic (exact) mass is 380 g/mol. The zero-order valence-corrected chi connectivity index (χ0v) is 15.6. The van der Waals surface area contributed by atoms with E-state index in [4.69, 9.17) is 22.1 Å². The highest BCUT2D eigenvalue weighted by Crippen LogP contribution is 2.29. The molecular formula is C17H21ClN4O4. The minimum atomic E-state index is -0.625. The van der Waals surface area contributed by atoms with Crippen molar-refractivity contribution in [2.75, 3.05) is 12.3 Å². The Morgan fingerprint density at radius 3 is 2.62 bits per heavy atom. The minimum absolute atomic E-state index is 0.0651. The summed E-state index contributed by atoms with van der Waals surface area (Å²) < 4.78 is 7.92. The Hall–Kier alpha value is -2.61. The van der Waals surface area contributed by atoms with E-state index in [1.54, 1.807) is 32.9 Å². The van der Waals surface area contributed by atoms with Crippen LogP contribution in [-0.2, 0) is 17.8 Å². The van der Waals surface area contributed by atoms with Crippen LogP contribution < -0.4 is 11.4 Å². The number of nitrogen functional groups attached to an aromatic ring is 1. The molecule has 1 amide bonds. The van der Waals surface area contributed by atoms with Gasteiger partial charge in [-0.15, -0.1) is 0 Å². The molecule has 9 heteroatoms. The molecule has 0 aliphatic carbocycles. The van der Waals surface area contributed by atoms with Crippen LogP contribution in [0.2, 0.25) is 5.02 Å². The number of aromatic nitrogens is 2. The molecule has 1 aliphatic heterocycles. The number of imidazole rings is 1. The van der Waals surface area contributed by atoms with Crippen molar-refractivity contribution >= 4 is 23.4 Å². The second-order valence-corrected chi connectivity index (χ2v) is 7.56. The van der Waals surface area contributed by atoms with E-state index in [1.807, 2.05) is 0 Å². The number of fused-ring (bicyclic) bond motifs is 1. The van der Waals surface area contributed by atoms with E-state index in [1.165, 1.54) is 15.5 Å². The van der Waals surface area contributed by atoms with E-state index < -0.39 is 17.4 Å². The second kappa shape index (κ2) is 6.28. The second-order valence-electron chi connectivity index (χ2n) is 7.15. The quantitative estimate of drug-likeness (QED) is 0.739. The fraction of sp³-hybridized carbons (Fsp3) is 0.412. The molecule has 8 nitrogen and oxygen atoms in total. The van der Waals surface area contributed by atoms with Crippen molar-refractivity contribution in [2.45, 2.75) is 39.5 Å². The normalized spacial score (nSPS) is 14.2. The molecular weight excluding hydrogens is 360 g/mol. The number of nitrogens with zero attached hydrogens (tertiary/aromatic N) is 3. The first kappa shape index (κ1) is 18.2. The minimum Gasteiger partial charge on any atom is -0.493 e. The van der Waals surface area contributed by atoms with Crippen LogP contribution >= 0.6 is 11.6 Å². The molecule has 140 valence electrons. The highest BCUT2D eigenvalue weighted by molar-refractivity contribution is 6.32. The molecule has 0 unspecified atom stereocenters. The molecule has 1 aromatic carbocycles. The Morgan fingerprint density at radius 1 is 1.31 bits per heavy atom. The molecule has 2 heterocycles. The van der Waals surface area contributed by atoms with Gasteiger partial charge in [0.2, 0.25) is 5.88 Å². The van der Waals surface area contributed by atoms with Crippen molar-refractivity contribution in [1.29, 1.82) is 0 Å². The molecule has 0 atom stereocenters. The number of halogens is 1. The number of aromatic hydroxyl groups is 1. The van der Waals surface area contributed by atoms with Gasteiger partial charge in [-0.1, -0.05) is 11.6 Å². The first-order chi connectivity index (χ1) is 12.1. The lowest BCUT2D eigenvalue weighted by atomic mass is 10.2. The molecule has 3 N–H and O–H groups in total. The van der Waals surface area contributed by atoms with Crippen molar-refractivity contribution < 1.29 is 14.6 Å². The van der Waals surface area contributed by atoms with Crippen molar-refractivity contribution in [3.8, 4) is 11.6 Å². The summed E-state index contributed by atoms with van der Waals surface area (Å²) in [4.78, 5) is 26.5. The summed E-state index contributed by atoms with van der Waals surface area (Å²) in [5, 5.41) is 10.9. The lowest BCUT2D eigenvalue weighted by Gasteiger charge is -2.30. The topological polar surface area (TPSA) is 103 Å². The van der Waals surface area contributed by atoms with E-state index in [0.717, 1.165) is 4.57 Å². The third-order valence-corrected chi connectivity index (χ3v) is 4.32. The van der Waals surface area contributed by atoms with Crippen molar-refractivity contribution in [3.63, 3.8) is 0 Å². The van der Waals surface area contributed by atoms with Gasteiger partial charge in [0.15, 0.2) is 0 Å². The Labute approximate surface area is 155 Å². The van der Waals surface area contributed by atoms with Crippen molar-refractivity contribution in [2.24, 2.45) is 0 Å². The van der Waals surface area contributed by atoms with Crippen LogP contribution in [0.4, 0.5) is 10.5 Å². The number of hydrogen-bond acceptors (Lipinski definition) is 5. The van der Waals surface area contributed by atoms with Gasteiger partial charge in [0, 0.05) is 18.8 Å². The molecule has 2 aromatic rings. The molecule has 1 aromatic heterocycles. The van der Waals surface area contributed by atoms with Gasteiger partial charge in [0.05, 0.1) is 17.3 Å². The summed E-state index contributed by atoms with van der Waals surface area (Å²) in [5.41, 5.74) is 5.75. The number of benzene rings is 1. The molecule has 0 radical (unpaired) electrons. The average molecular weight is 381 g/mol. The lowest BCUT2D eigenvalue weighted by Crippen LogP contribution is -2.43. The summed E-state index contributed by atoms with van der Waals surface area (Å²) in [7, 11) is 0. The van der Waals surface area contributed by atoms with Gasteiger partial charge in [0.1, 0.15) is 11.3 Å². The summed E-state index contributed by atoms with van der Waals surface area (Å²) in [5.74, 6) is -0.255. The Balaban J connectivity index is 1.98. The van der Waals surface area contributed by atoms with Gasteiger partial charge in [-0.05, 0) is 39.0 Å². The first-order valence-corrected chi connectivity index (χ1v) is 8.53. The number of ether oxygens (including phenoxy) is 1. The van der Waals surface area contributed by atoms with E-state index in [0.29, 0.717) is 23.6 Å². The zero-order valence-electron chi connectivity index (χ0n) is 14.8. The van der Waals surface area contributed by atoms with E-state index in [2.05, 4.69) is 0 Å². The van der Waals surface area contributed by atoms with Gasteiger partial charge >= 0.3 is 11.8 Å². The van der Waals surface area contributed by atoms with Gasteiger partial charge in [0.25, 0.3) is 0 Å². The van der Waals surface area contributed by atoms with Gasteiger partial charge in [-0.25, -0.2) is 14.2 Å². The summed E-state index contributed by atoms with van der Waals surface area (Å²) >= 11 is 6.18. The number of anilines is 1. The molecule has 0 saturated carbocycles. The molecule has 1 aliphatic rings. The fourth-order valence-corrected chi connectivity index (χ4v) is 3.12. The number of carbonyl (C=O) groups excluding carboxylic acids is 1. The zero-order chi connectivity index (χ0) is 19.2. The molecule has 0 spiro atoms. The van der Waals surface area contributed by atoms with Crippen LogP contribution in [0.15, 0.2) is 23.0 Å². The van der Waals surface area contributed by atoms with E-state index in [9.17, 15) is 14.7 Å². The molecule has 0 fully saturated rings. The molecule has 0 bridgehead atoms. The van der Waals surface area contributed by atoms with Gasteiger partial charge < -0.3 is 20.5 Å². The smallest absolute Gasteiger partial charge is 0.410 e. The summed E-state index contributed by atoms with van der Waals surface area (Å²) in [6.07, 6.45) is -0.492. The van der Waals surface area contributed by atoms with Gasteiger partial charge in [-0.3, -0.25) is 4.57 Å². The fourth-order valence-electron chi connectivity index (χ4n) is 2.85. The predicted octanol–water partition coefficient (Wildman–Crippen LogP) is 2.33. The standard InChI is InChI=1S/C17H21ClN4O4/c1-17(2,3)26-16(25)20-6-7-21-13(9-20)14(23)22(15(21)24)12-5-4-10(19)8-11(12)18/h4-5,8,23H,6-7,9,19H2,1-3H3. The van der Waals surface area contributed by atoms with Gasteiger partial charge in [-0.2, -0.15) is 0 Å². The maximum atomic E-state index is 12.7. The van der Waals surface area contributed by atoms with Crippen LogP contribution in [0.25, 0.3) is 5.69 Å². The van der Waals surface area contributed by atoms with Crippen LogP contribution in [0.1, 0.15) is 26.5 Å². The number of amides is 1. The largest absolute Gasteiger partial charge is 0.493 e. The number of carbonyl (C=O) groups is 1. The first-order valence-electron chi connectivity index (χ1n) is 8.15. The van der Waals surface area contributed by atoms with Crippen molar-refractivity contribution in [1.82, 2.24) is 14.0 Å². The Morgan fingerprint density at radius 2 is 2.00 bits per heavy atom. The maximum Gasteiger partial charge on any atom is 0.410 e. The van der Waals surface area contributed by atoms with Crippen LogP contribution in [0.3, 0.4) is 0 Å². The molecule has 3 rings (SSSR count). The molecule has 0 saturated heterocycles. The van der Waals surface area contributed by atoms with Crippen LogP contribution in [0, 0.1) is 0 Å². The average Bonchev–Trinajstić information content (AvgIpc) is 2.77. The number of nitrogens with two attached hydrogens (primary N) is 1. The van der Waals surface area contributed by atoms with Crippen molar-refractivity contribution in [3.05, 3.63) is 39.4 Å². The number of hydrogen-bond donors (Lipinski definition) is 2. The van der Waals surface area contributed by atoms with Crippen LogP contribution in [-0.4, -0.2) is 37.4 Å². The highest BCUT2D eigenvalue weighted by atomic mass is 35.5. The highest BCUT2D eigenvalue weighted by Gasteiger charge is 2.31. The lowest BCUT2D eigenvalue weighted by molar-refractivity contribution is 0.0196. The third-order valence-electron chi connectivity index (χ3n) is 4.02. The third kappa shape index (κ3) is 3.24. The SMILES string of the molecule is CC(C)(C)OC(=O)N1CCn2c(c(O)n(-c3ccc(N)cc3Cl)c2=O)C1. The Bertz CT molecular complexity index is 926. The summed E-state index contributed by atoms with van der Waals surface area (Å²) in [6.45, 7) is 5.96. The van der Waals surface area contributed by atoms with E-state index in [-0.39, 0.29) is 24.0 Å². The van der Waals surface area contributed by atoms with Crippen LogP contribution in [0.5, 0.6) is 5.88 Å². The predicted molar refractivity (Wildman–Crippen MR) is 97.8 cm³/mol. The maximum absolute atomic E-state index is 12.7. The Kier molecular flexibility index (Phi) is 4.39. The molecule has 26 heavy (non-hydrogen) atoms. The summed E-state index contributed by atoms with van der Waals surface area (Å²) in [6, 6.07) is 4.67.